The van der Waals surface area contributed by atoms with Gasteiger partial charge in [-0.3, -0.25) is 0 Å². The van der Waals surface area contributed by atoms with Gasteiger partial charge in [-0.15, -0.1) is 0 Å². The predicted octanol–water partition coefficient (Wildman–Crippen LogP) is 4.28. The van der Waals surface area contributed by atoms with Crippen molar-refractivity contribution in [2.75, 3.05) is 0 Å². The molecule has 2 aromatic carbocycles. The van der Waals surface area contributed by atoms with Gasteiger partial charge < -0.3 is 5.11 Å². The number of halogens is 3. The van der Waals surface area contributed by atoms with Crippen LogP contribution in [-0.4, -0.2) is 11.2 Å². The van der Waals surface area contributed by atoms with E-state index in [9.17, 15) is 9.50 Å². The van der Waals surface area contributed by atoms with E-state index in [1.54, 1.807) is 24.3 Å². The molecule has 2 aromatic rings. The largest absolute Gasteiger partial charge is 0.392 e. The normalized spacial score (nSPS) is 12.4. The second-order valence-electron chi connectivity index (χ2n) is 4.40. The van der Waals surface area contributed by atoms with Crippen molar-refractivity contribution in [3.8, 4) is 0 Å². The van der Waals surface area contributed by atoms with Gasteiger partial charge in [0.05, 0.1) is 16.1 Å². The molecule has 1 N–H and O–H groups in total. The molecule has 0 saturated heterocycles. The van der Waals surface area contributed by atoms with Gasteiger partial charge in [0.2, 0.25) is 0 Å². The van der Waals surface area contributed by atoms with Gasteiger partial charge in [0.25, 0.3) is 0 Å². The van der Waals surface area contributed by atoms with Crippen LogP contribution in [0.4, 0.5) is 4.39 Å². The van der Waals surface area contributed by atoms with Crippen molar-refractivity contribution >= 4 is 23.2 Å². The average molecular weight is 299 g/mol. The lowest BCUT2D eigenvalue weighted by molar-refractivity contribution is 0.175. The maximum absolute atomic E-state index is 12.8. The van der Waals surface area contributed by atoms with Crippen LogP contribution in [0.5, 0.6) is 0 Å². The van der Waals surface area contributed by atoms with Crippen molar-refractivity contribution < 1.29 is 9.50 Å². The lowest BCUT2D eigenvalue weighted by atomic mass is 10.0. The lowest BCUT2D eigenvalue weighted by Crippen LogP contribution is -2.14. The van der Waals surface area contributed by atoms with Crippen molar-refractivity contribution in [1.29, 1.82) is 0 Å². The quantitative estimate of drug-likeness (QED) is 0.893. The van der Waals surface area contributed by atoms with Crippen LogP contribution in [0, 0.1) is 5.82 Å². The second-order valence-corrected chi connectivity index (χ2v) is 5.19. The van der Waals surface area contributed by atoms with Crippen LogP contribution < -0.4 is 0 Å². The van der Waals surface area contributed by atoms with Gasteiger partial charge in [0, 0.05) is 6.42 Å². The Labute approximate surface area is 121 Å². The van der Waals surface area contributed by atoms with E-state index in [2.05, 4.69) is 0 Å². The third-order valence-electron chi connectivity index (χ3n) is 2.87. The molecule has 100 valence electrons. The summed E-state index contributed by atoms with van der Waals surface area (Å²) in [6.45, 7) is 0. The molecule has 1 nitrogen and oxygen atoms in total. The summed E-state index contributed by atoms with van der Waals surface area (Å²) >= 11 is 12.0. The van der Waals surface area contributed by atoms with Crippen molar-refractivity contribution in [2.24, 2.45) is 0 Å². The first-order chi connectivity index (χ1) is 9.06. The van der Waals surface area contributed by atoms with E-state index in [1.165, 1.54) is 12.1 Å². The highest BCUT2D eigenvalue weighted by Gasteiger charge is 2.11. The summed E-state index contributed by atoms with van der Waals surface area (Å²) in [5, 5.41) is 11.0. The second kappa shape index (κ2) is 6.38. The minimum absolute atomic E-state index is 0.281. The molecule has 0 fully saturated rings. The van der Waals surface area contributed by atoms with Crippen LogP contribution >= 0.6 is 23.2 Å². The topological polar surface area (TPSA) is 20.2 Å². The van der Waals surface area contributed by atoms with E-state index < -0.39 is 6.10 Å². The standard InChI is InChI=1S/C15H13Cl2FO/c16-14-3-1-2-11(15(14)17)9-13(19)8-10-4-6-12(18)7-5-10/h1-7,13,19H,8-9H2. The minimum Gasteiger partial charge on any atom is -0.392 e. The molecule has 1 atom stereocenters. The highest BCUT2D eigenvalue weighted by Crippen LogP contribution is 2.26. The Morgan fingerprint density at radius 3 is 2.37 bits per heavy atom. The summed E-state index contributed by atoms with van der Waals surface area (Å²) in [5.41, 5.74) is 1.69. The fourth-order valence-corrected chi connectivity index (χ4v) is 2.32. The fourth-order valence-electron chi connectivity index (χ4n) is 1.92. The maximum Gasteiger partial charge on any atom is 0.123 e. The molecule has 4 heteroatoms. The number of hydrogen-bond donors (Lipinski definition) is 1. The smallest absolute Gasteiger partial charge is 0.123 e. The van der Waals surface area contributed by atoms with E-state index >= 15 is 0 Å². The van der Waals surface area contributed by atoms with Gasteiger partial charge in [-0.25, -0.2) is 4.39 Å². The third kappa shape index (κ3) is 3.93. The molecule has 0 aliphatic carbocycles. The number of aliphatic hydroxyl groups excluding tert-OH is 1. The van der Waals surface area contributed by atoms with Crippen molar-refractivity contribution in [3.05, 3.63) is 69.5 Å². The van der Waals surface area contributed by atoms with Gasteiger partial charge >= 0.3 is 0 Å². The highest BCUT2D eigenvalue weighted by atomic mass is 35.5. The summed E-state index contributed by atoms with van der Waals surface area (Å²) in [6.07, 6.45) is 0.279. The molecule has 0 saturated carbocycles. The summed E-state index contributed by atoms with van der Waals surface area (Å²) in [5.74, 6) is -0.281. The van der Waals surface area contributed by atoms with E-state index in [0.717, 1.165) is 11.1 Å². The first kappa shape index (κ1) is 14.3. The summed E-state index contributed by atoms with van der Waals surface area (Å²) in [4.78, 5) is 0. The molecule has 1 unspecified atom stereocenters. The molecule has 0 heterocycles. The van der Waals surface area contributed by atoms with Gasteiger partial charge in [-0.2, -0.15) is 0 Å². The molecule has 0 amide bonds. The Balaban J connectivity index is 2.03. The van der Waals surface area contributed by atoms with Crippen LogP contribution in [0.2, 0.25) is 10.0 Å². The number of rotatable bonds is 4. The van der Waals surface area contributed by atoms with E-state index in [1.807, 2.05) is 6.07 Å². The Bertz CT molecular complexity index is 555. The number of aliphatic hydroxyl groups is 1. The zero-order valence-electron chi connectivity index (χ0n) is 10.1. The predicted molar refractivity (Wildman–Crippen MR) is 76.3 cm³/mol. The Hall–Kier alpha value is -1.09. The molecule has 0 aromatic heterocycles. The molecule has 0 aliphatic rings. The SMILES string of the molecule is OC(Cc1ccc(F)cc1)Cc1cccc(Cl)c1Cl. The molecule has 19 heavy (non-hydrogen) atoms. The van der Waals surface area contributed by atoms with Gasteiger partial charge in [0.1, 0.15) is 5.82 Å². The van der Waals surface area contributed by atoms with Crippen LogP contribution in [0.3, 0.4) is 0 Å². The van der Waals surface area contributed by atoms with Crippen LogP contribution in [0.15, 0.2) is 42.5 Å². The molecule has 0 aliphatic heterocycles. The van der Waals surface area contributed by atoms with Crippen LogP contribution in [0.25, 0.3) is 0 Å². The molecule has 0 bridgehead atoms. The van der Waals surface area contributed by atoms with Crippen LogP contribution in [-0.2, 0) is 12.8 Å². The molecule has 0 spiro atoms. The third-order valence-corrected chi connectivity index (χ3v) is 3.73. The molecule has 2 rings (SSSR count). The first-order valence-corrected chi connectivity index (χ1v) is 6.67. The Morgan fingerprint density at radius 2 is 1.68 bits per heavy atom. The monoisotopic (exact) mass is 298 g/mol. The summed E-state index contributed by atoms with van der Waals surface area (Å²) in [7, 11) is 0. The molecular weight excluding hydrogens is 286 g/mol. The zero-order chi connectivity index (χ0) is 13.8. The van der Waals surface area contributed by atoms with Crippen LogP contribution in [0.1, 0.15) is 11.1 Å². The lowest BCUT2D eigenvalue weighted by Gasteiger charge is -2.12. The van der Waals surface area contributed by atoms with Crippen molar-refractivity contribution in [2.45, 2.75) is 18.9 Å². The molecular formula is C15H13Cl2FO. The minimum atomic E-state index is -0.582. The number of hydrogen-bond acceptors (Lipinski definition) is 1. The van der Waals surface area contributed by atoms with Gasteiger partial charge in [0.15, 0.2) is 0 Å². The van der Waals surface area contributed by atoms with Gasteiger partial charge in [-0.05, 0) is 35.7 Å². The zero-order valence-corrected chi connectivity index (χ0v) is 11.6. The fraction of sp³-hybridized carbons (Fsp3) is 0.200. The van der Waals surface area contributed by atoms with Crippen molar-refractivity contribution in [3.63, 3.8) is 0 Å². The van der Waals surface area contributed by atoms with Gasteiger partial charge in [-0.1, -0.05) is 47.5 Å². The average Bonchev–Trinajstić information content (AvgIpc) is 2.38. The Morgan fingerprint density at radius 1 is 1.00 bits per heavy atom. The highest BCUT2D eigenvalue weighted by molar-refractivity contribution is 6.42. The van der Waals surface area contributed by atoms with Crippen molar-refractivity contribution in [1.82, 2.24) is 0 Å². The first-order valence-electron chi connectivity index (χ1n) is 5.91. The number of benzene rings is 2. The van der Waals surface area contributed by atoms with E-state index in [0.29, 0.717) is 22.9 Å². The van der Waals surface area contributed by atoms with E-state index in [-0.39, 0.29) is 5.82 Å². The maximum atomic E-state index is 12.8. The molecule has 0 radical (unpaired) electrons. The summed E-state index contributed by atoms with van der Waals surface area (Å²) in [6, 6.07) is 11.4. The summed E-state index contributed by atoms with van der Waals surface area (Å²) < 4.78 is 12.8. The Kier molecular flexibility index (Phi) is 4.81. The van der Waals surface area contributed by atoms with E-state index in [4.69, 9.17) is 23.2 Å².